The lowest BCUT2D eigenvalue weighted by molar-refractivity contribution is 0.0691. The Labute approximate surface area is 105 Å². The van der Waals surface area contributed by atoms with Crippen LogP contribution in [0.3, 0.4) is 0 Å². The number of aromatic carboxylic acids is 1. The summed E-state index contributed by atoms with van der Waals surface area (Å²) in [5.41, 5.74) is -0.558. The minimum Gasteiger partial charge on any atom is -0.478 e. The maximum Gasteiger partial charge on any atom is 0.338 e. The van der Waals surface area contributed by atoms with Gasteiger partial charge in [0.05, 0.1) is 10.5 Å². The standard InChI is InChI=1S/C11H14FNO4S/c1-7(2)6-13-18(16,17)8-3-4-9(11(14)15)10(12)5-8/h3-5,7,13H,6H2,1-2H3,(H,14,15). The zero-order valence-electron chi connectivity index (χ0n) is 9.97. The molecular weight excluding hydrogens is 261 g/mol. The van der Waals surface area contributed by atoms with E-state index in [1.165, 1.54) is 0 Å². The first kappa shape index (κ1) is 14.6. The van der Waals surface area contributed by atoms with Crippen molar-refractivity contribution in [2.24, 2.45) is 5.92 Å². The summed E-state index contributed by atoms with van der Waals surface area (Å²) in [6.07, 6.45) is 0. The van der Waals surface area contributed by atoms with Crippen LogP contribution in [-0.4, -0.2) is 26.0 Å². The number of hydrogen-bond acceptors (Lipinski definition) is 3. The number of hydrogen-bond donors (Lipinski definition) is 2. The van der Waals surface area contributed by atoms with Crippen molar-refractivity contribution in [1.29, 1.82) is 0 Å². The second-order valence-corrected chi connectivity index (χ2v) is 5.96. The zero-order chi connectivity index (χ0) is 13.9. The van der Waals surface area contributed by atoms with Crippen LogP contribution in [0.2, 0.25) is 0 Å². The highest BCUT2D eigenvalue weighted by atomic mass is 32.2. The van der Waals surface area contributed by atoms with Crippen LogP contribution in [-0.2, 0) is 10.0 Å². The molecule has 1 aromatic carbocycles. The molecule has 1 rings (SSSR count). The van der Waals surface area contributed by atoms with Gasteiger partial charge in [-0.15, -0.1) is 0 Å². The third-order valence-corrected chi connectivity index (χ3v) is 3.58. The maximum absolute atomic E-state index is 13.4. The molecule has 5 nitrogen and oxygen atoms in total. The van der Waals surface area contributed by atoms with Crippen LogP contribution >= 0.6 is 0 Å². The van der Waals surface area contributed by atoms with Crippen LogP contribution in [0, 0.1) is 11.7 Å². The van der Waals surface area contributed by atoms with Gasteiger partial charge in [-0.05, 0) is 24.1 Å². The predicted octanol–water partition coefficient (Wildman–Crippen LogP) is 1.46. The van der Waals surface area contributed by atoms with E-state index in [4.69, 9.17) is 5.11 Å². The summed E-state index contributed by atoms with van der Waals surface area (Å²) in [6, 6.07) is 2.70. The largest absolute Gasteiger partial charge is 0.478 e. The fourth-order valence-electron chi connectivity index (χ4n) is 1.20. The Bertz CT molecular complexity index is 554. The van der Waals surface area contributed by atoms with Crippen LogP contribution < -0.4 is 4.72 Å². The van der Waals surface area contributed by atoms with Crippen molar-refractivity contribution in [1.82, 2.24) is 4.72 Å². The number of nitrogens with one attached hydrogen (secondary N) is 1. The van der Waals surface area contributed by atoms with Gasteiger partial charge in [0.1, 0.15) is 5.82 Å². The van der Waals surface area contributed by atoms with Gasteiger partial charge in [-0.1, -0.05) is 13.8 Å². The predicted molar refractivity (Wildman–Crippen MR) is 63.4 cm³/mol. The van der Waals surface area contributed by atoms with Gasteiger partial charge in [-0.25, -0.2) is 22.3 Å². The first-order chi connectivity index (χ1) is 8.24. The Balaban J connectivity index is 3.04. The SMILES string of the molecule is CC(C)CNS(=O)(=O)c1ccc(C(=O)O)c(F)c1. The number of benzene rings is 1. The van der Waals surface area contributed by atoms with Gasteiger partial charge in [0, 0.05) is 6.54 Å². The summed E-state index contributed by atoms with van der Waals surface area (Å²) in [5, 5.41) is 8.63. The molecule has 0 saturated carbocycles. The lowest BCUT2D eigenvalue weighted by Gasteiger charge is -2.09. The Morgan fingerprint density at radius 3 is 2.50 bits per heavy atom. The topological polar surface area (TPSA) is 83.5 Å². The van der Waals surface area contributed by atoms with E-state index in [9.17, 15) is 17.6 Å². The Kier molecular flexibility index (Phi) is 4.42. The van der Waals surface area contributed by atoms with Crippen LogP contribution in [0.25, 0.3) is 0 Å². The normalized spacial score (nSPS) is 11.8. The minimum absolute atomic E-state index is 0.114. The van der Waals surface area contributed by atoms with E-state index in [2.05, 4.69) is 4.72 Å². The van der Waals surface area contributed by atoms with Crippen molar-refractivity contribution < 1.29 is 22.7 Å². The molecule has 0 saturated heterocycles. The molecule has 7 heteroatoms. The second-order valence-electron chi connectivity index (χ2n) is 4.19. The molecule has 100 valence electrons. The summed E-state index contributed by atoms with van der Waals surface area (Å²) >= 11 is 0. The molecule has 0 heterocycles. The van der Waals surface area contributed by atoms with Gasteiger partial charge in [0.25, 0.3) is 0 Å². The van der Waals surface area contributed by atoms with Crippen molar-refractivity contribution in [2.75, 3.05) is 6.54 Å². The number of carbonyl (C=O) groups is 1. The van der Waals surface area contributed by atoms with Crippen LogP contribution in [0.15, 0.2) is 23.1 Å². The molecular formula is C11H14FNO4S. The summed E-state index contributed by atoms with van der Waals surface area (Å²) in [4.78, 5) is 10.3. The van der Waals surface area contributed by atoms with Gasteiger partial charge >= 0.3 is 5.97 Å². The van der Waals surface area contributed by atoms with E-state index in [0.717, 1.165) is 12.1 Å². The summed E-state index contributed by atoms with van der Waals surface area (Å²) in [5.74, 6) is -2.40. The quantitative estimate of drug-likeness (QED) is 0.852. The third kappa shape index (κ3) is 3.51. The average Bonchev–Trinajstić information content (AvgIpc) is 2.26. The number of rotatable bonds is 5. The van der Waals surface area contributed by atoms with E-state index in [0.29, 0.717) is 6.07 Å². The zero-order valence-corrected chi connectivity index (χ0v) is 10.8. The number of carboxylic acid groups (broad SMARTS) is 1. The molecule has 0 aliphatic heterocycles. The Morgan fingerprint density at radius 1 is 1.44 bits per heavy atom. The Morgan fingerprint density at radius 2 is 2.06 bits per heavy atom. The van der Waals surface area contributed by atoms with Crippen LogP contribution in [0.5, 0.6) is 0 Å². The van der Waals surface area contributed by atoms with Gasteiger partial charge < -0.3 is 5.11 Å². The lowest BCUT2D eigenvalue weighted by atomic mass is 10.2. The fourth-order valence-corrected chi connectivity index (χ4v) is 2.42. The molecule has 0 aliphatic carbocycles. The summed E-state index contributed by atoms with van der Waals surface area (Å²) in [6.45, 7) is 3.89. The molecule has 0 amide bonds. The molecule has 0 atom stereocenters. The summed E-state index contributed by atoms with van der Waals surface area (Å²) < 4.78 is 39.2. The lowest BCUT2D eigenvalue weighted by Crippen LogP contribution is -2.27. The first-order valence-corrected chi connectivity index (χ1v) is 6.75. The number of carboxylic acids is 1. The molecule has 2 N–H and O–H groups in total. The highest BCUT2D eigenvalue weighted by Gasteiger charge is 2.18. The van der Waals surface area contributed by atoms with E-state index in [-0.39, 0.29) is 17.4 Å². The van der Waals surface area contributed by atoms with Crippen LogP contribution in [0.4, 0.5) is 4.39 Å². The third-order valence-electron chi connectivity index (χ3n) is 2.16. The molecule has 0 aromatic heterocycles. The summed E-state index contributed by atoms with van der Waals surface area (Å²) in [7, 11) is -3.80. The molecule has 0 bridgehead atoms. The first-order valence-electron chi connectivity index (χ1n) is 5.26. The van der Waals surface area contributed by atoms with Crippen molar-refractivity contribution in [3.8, 4) is 0 Å². The minimum atomic E-state index is -3.80. The van der Waals surface area contributed by atoms with Crippen molar-refractivity contribution >= 4 is 16.0 Å². The molecule has 0 spiro atoms. The second kappa shape index (κ2) is 5.45. The van der Waals surface area contributed by atoms with Gasteiger partial charge in [-0.3, -0.25) is 0 Å². The smallest absolute Gasteiger partial charge is 0.338 e. The van der Waals surface area contributed by atoms with Crippen molar-refractivity contribution in [2.45, 2.75) is 18.7 Å². The van der Waals surface area contributed by atoms with Gasteiger partial charge in [0.15, 0.2) is 0 Å². The van der Waals surface area contributed by atoms with E-state index < -0.39 is 27.4 Å². The highest BCUT2D eigenvalue weighted by molar-refractivity contribution is 7.89. The molecule has 0 fully saturated rings. The molecule has 0 radical (unpaired) electrons. The van der Waals surface area contributed by atoms with Gasteiger partial charge in [-0.2, -0.15) is 0 Å². The van der Waals surface area contributed by atoms with E-state index in [1.54, 1.807) is 0 Å². The van der Waals surface area contributed by atoms with Crippen molar-refractivity contribution in [3.63, 3.8) is 0 Å². The van der Waals surface area contributed by atoms with Crippen LogP contribution in [0.1, 0.15) is 24.2 Å². The molecule has 0 unspecified atom stereocenters. The van der Waals surface area contributed by atoms with E-state index >= 15 is 0 Å². The average molecular weight is 275 g/mol. The fraction of sp³-hybridized carbons (Fsp3) is 0.364. The Hall–Kier alpha value is -1.47. The molecule has 0 aliphatic rings. The van der Waals surface area contributed by atoms with Crippen molar-refractivity contribution in [3.05, 3.63) is 29.6 Å². The number of halogens is 1. The molecule has 18 heavy (non-hydrogen) atoms. The number of sulfonamides is 1. The maximum atomic E-state index is 13.4. The van der Waals surface area contributed by atoms with E-state index in [1.807, 2.05) is 13.8 Å². The van der Waals surface area contributed by atoms with Gasteiger partial charge in [0.2, 0.25) is 10.0 Å². The highest BCUT2D eigenvalue weighted by Crippen LogP contribution is 2.15. The monoisotopic (exact) mass is 275 g/mol. The molecule has 1 aromatic rings.